The average Bonchev–Trinajstić information content (AvgIpc) is 2.29. The van der Waals surface area contributed by atoms with Crippen molar-refractivity contribution >= 4 is 12.2 Å². The molecule has 1 aromatic carbocycles. The van der Waals surface area contributed by atoms with E-state index < -0.39 is 0 Å². The SMILES string of the molecule is CN1C=Cc2ccccc2C=C1. The highest BCUT2D eigenvalue weighted by Crippen LogP contribution is 2.15. The van der Waals surface area contributed by atoms with Crippen LogP contribution in [0.15, 0.2) is 36.7 Å². The monoisotopic (exact) mass is 157 g/mol. The zero-order chi connectivity index (χ0) is 8.39. The van der Waals surface area contributed by atoms with E-state index >= 15 is 0 Å². The Morgan fingerprint density at radius 2 is 1.42 bits per heavy atom. The van der Waals surface area contributed by atoms with Crippen LogP contribution < -0.4 is 0 Å². The Bertz CT molecular complexity index is 304. The second-order valence-electron chi connectivity index (χ2n) is 2.93. The molecule has 0 spiro atoms. The highest BCUT2D eigenvalue weighted by molar-refractivity contribution is 5.66. The molecule has 1 heteroatoms. The average molecular weight is 157 g/mol. The summed E-state index contributed by atoms with van der Waals surface area (Å²) in [5, 5.41) is 0. The minimum atomic E-state index is 1.28. The van der Waals surface area contributed by atoms with Crippen molar-refractivity contribution in [1.29, 1.82) is 0 Å². The van der Waals surface area contributed by atoms with Crippen molar-refractivity contribution in [1.82, 2.24) is 4.90 Å². The summed E-state index contributed by atoms with van der Waals surface area (Å²) in [5.41, 5.74) is 2.55. The molecule has 1 aliphatic heterocycles. The Balaban J connectivity index is 2.52. The molecule has 1 nitrogen and oxygen atoms in total. The molecule has 60 valence electrons. The van der Waals surface area contributed by atoms with Crippen molar-refractivity contribution in [2.75, 3.05) is 7.05 Å². The van der Waals surface area contributed by atoms with E-state index in [2.05, 4.69) is 48.8 Å². The molecule has 0 aliphatic carbocycles. The predicted octanol–water partition coefficient (Wildman–Crippen LogP) is 2.57. The van der Waals surface area contributed by atoms with Crippen molar-refractivity contribution in [3.63, 3.8) is 0 Å². The number of hydrogen-bond acceptors (Lipinski definition) is 1. The van der Waals surface area contributed by atoms with Gasteiger partial charge in [0.15, 0.2) is 0 Å². The molecule has 0 unspecified atom stereocenters. The Hall–Kier alpha value is -1.50. The minimum absolute atomic E-state index is 1.28. The van der Waals surface area contributed by atoms with E-state index in [-0.39, 0.29) is 0 Å². The van der Waals surface area contributed by atoms with E-state index in [4.69, 9.17) is 0 Å². The highest BCUT2D eigenvalue weighted by Gasteiger charge is 1.97. The summed E-state index contributed by atoms with van der Waals surface area (Å²) < 4.78 is 0. The van der Waals surface area contributed by atoms with E-state index in [1.165, 1.54) is 11.1 Å². The van der Waals surface area contributed by atoms with Crippen LogP contribution in [-0.2, 0) is 0 Å². The quantitative estimate of drug-likeness (QED) is 0.559. The molecule has 12 heavy (non-hydrogen) atoms. The van der Waals surface area contributed by atoms with Gasteiger partial charge in [0.25, 0.3) is 0 Å². The third kappa shape index (κ3) is 1.26. The summed E-state index contributed by atoms with van der Waals surface area (Å²) >= 11 is 0. The van der Waals surface area contributed by atoms with Crippen molar-refractivity contribution < 1.29 is 0 Å². The van der Waals surface area contributed by atoms with Gasteiger partial charge in [0.2, 0.25) is 0 Å². The number of fused-ring (bicyclic) bond motifs is 1. The maximum Gasteiger partial charge on any atom is 0.0106 e. The van der Waals surface area contributed by atoms with Gasteiger partial charge >= 0.3 is 0 Å². The lowest BCUT2D eigenvalue weighted by Crippen LogP contribution is -1.97. The summed E-state index contributed by atoms with van der Waals surface area (Å²) in [6, 6.07) is 8.36. The Labute approximate surface area is 72.6 Å². The van der Waals surface area contributed by atoms with E-state index in [9.17, 15) is 0 Å². The lowest BCUT2D eigenvalue weighted by atomic mass is 10.1. The second kappa shape index (κ2) is 2.86. The van der Waals surface area contributed by atoms with Gasteiger partial charge in [0.1, 0.15) is 0 Å². The molecule has 0 amide bonds. The summed E-state index contributed by atoms with van der Waals surface area (Å²) in [6.45, 7) is 0. The smallest absolute Gasteiger partial charge is 0.0106 e. The van der Waals surface area contributed by atoms with Crippen LogP contribution in [0, 0.1) is 0 Å². The molecule has 1 heterocycles. The Morgan fingerprint density at radius 1 is 0.917 bits per heavy atom. The minimum Gasteiger partial charge on any atom is -0.357 e. The molecule has 1 aliphatic rings. The number of nitrogens with zero attached hydrogens (tertiary/aromatic N) is 1. The first-order chi connectivity index (χ1) is 5.86. The Kier molecular flexibility index (Phi) is 1.71. The number of rotatable bonds is 0. The van der Waals surface area contributed by atoms with Gasteiger partial charge in [-0.15, -0.1) is 0 Å². The molecule has 0 saturated carbocycles. The molecule has 0 radical (unpaired) electrons. The predicted molar refractivity (Wildman–Crippen MR) is 52.3 cm³/mol. The fourth-order valence-electron chi connectivity index (χ4n) is 1.26. The van der Waals surface area contributed by atoms with Crippen LogP contribution in [0.4, 0.5) is 0 Å². The van der Waals surface area contributed by atoms with Gasteiger partial charge in [-0.1, -0.05) is 24.3 Å². The molecule has 0 aromatic heterocycles. The first kappa shape index (κ1) is 7.17. The summed E-state index contributed by atoms with van der Waals surface area (Å²) in [5.74, 6) is 0. The van der Waals surface area contributed by atoms with Crippen LogP contribution >= 0.6 is 0 Å². The van der Waals surface area contributed by atoms with Crippen molar-refractivity contribution in [2.45, 2.75) is 0 Å². The van der Waals surface area contributed by atoms with Crippen LogP contribution in [0.2, 0.25) is 0 Å². The van der Waals surface area contributed by atoms with Gasteiger partial charge in [0, 0.05) is 19.4 Å². The summed E-state index contributed by atoms with van der Waals surface area (Å²) in [4.78, 5) is 2.04. The van der Waals surface area contributed by atoms with Crippen molar-refractivity contribution in [3.05, 3.63) is 47.8 Å². The van der Waals surface area contributed by atoms with Gasteiger partial charge in [-0.2, -0.15) is 0 Å². The van der Waals surface area contributed by atoms with Gasteiger partial charge in [0.05, 0.1) is 0 Å². The lowest BCUT2D eigenvalue weighted by Gasteiger charge is -2.02. The Morgan fingerprint density at radius 3 is 1.92 bits per heavy atom. The van der Waals surface area contributed by atoms with Gasteiger partial charge in [-0.25, -0.2) is 0 Å². The van der Waals surface area contributed by atoms with Gasteiger partial charge < -0.3 is 4.90 Å². The van der Waals surface area contributed by atoms with Crippen LogP contribution in [0.1, 0.15) is 11.1 Å². The third-order valence-corrected chi connectivity index (χ3v) is 1.97. The lowest BCUT2D eigenvalue weighted by molar-refractivity contribution is 0.635. The van der Waals surface area contributed by atoms with E-state index in [1.54, 1.807) is 0 Å². The molecule has 0 saturated heterocycles. The highest BCUT2D eigenvalue weighted by atomic mass is 15.0. The van der Waals surface area contributed by atoms with Crippen LogP contribution in [0.5, 0.6) is 0 Å². The topological polar surface area (TPSA) is 3.24 Å². The first-order valence-electron chi connectivity index (χ1n) is 4.03. The number of benzene rings is 1. The van der Waals surface area contributed by atoms with E-state index in [0.717, 1.165) is 0 Å². The normalized spacial score (nSPS) is 14.2. The fourth-order valence-corrected chi connectivity index (χ4v) is 1.26. The standard InChI is InChI=1S/C11H11N/c1-12-8-6-10-4-2-3-5-11(10)7-9-12/h2-9H,1H3. The first-order valence-corrected chi connectivity index (χ1v) is 4.03. The summed E-state index contributed by atoms with van der Waals surface area (Å²) in [7, 11) is 2.03. The molecule has 0 N–H and O–H groups in total. The molecular weight excluding hydrogens is 146 g/mol. The van der Waals surface area contributed by atoms with E-state index in [1.807, 2.05) is 11.9 Å². The zero-order valence-electron chi connectivity index (χ0n) is 7.07. The third-order valence-electron chi connectivity index (χ3n) is 1.97. The second-order valence-corrected chi connectivity index (χ2v) is 2.93. The molecule has 0 bridgehead atoms. The molecule has 0 fully saturated rings. The number of hydrogen-bond donors (Lipinski definition) is 0. The van der Waals surface area contributed by atoms with E-state index in [0.29, 0.717) is 0 Å². The van der Waals surface area contributed by atoms with Crippen LogP contribution in [0.25, 0.3) is 12.2 Å². The maximum absolute atomic E-state index is 2.12. The molecule has 0 atom stereocenters. The fraction of sp³-hybridized carbons (Fsp3) is 0.0909. The van der Waals surface area contributed by atoms with Gasteiger partial charge in [-0.05, 0) is 23.3 Å². The molecule has 1 aromatic rings. The van der Waals surface area contributed by atoms with Gasteiger partial charge in [-0.3, -0.25) is 0 Å². The van der Waals surface area contributed by atoms with Crippen LogP contribution in [0.3, 0.4) is 0 Å². The van der Waals surface area contributed by atoms with Crippen molar-refractivity contribution in [2.24, 2.45) is 0 Å². The maximum atomic E-state index is 2.12. The molecule has 2 rings (SSSR count). The largest absolute Gasteiger partial charge is 0.357 e. The molecular formula is C11H11N. The summed E-state index contributed by atoms with van der Waals surface area (Å²) in [6.07, 6.45) is 8.36. The zero-order valence-corrected chi connectivity index (χ0v) is 7.07. The van der Waals surface area contributed by atoms with Crippen LogP contribution in [-0.4, -0.2) is 11.9 Å². The van der Waals surface area contributed by atoms with Crippen molar-refractivity contribution in [3.8, 4) is 0 Å².